The highest BCUT2D eigenvalue weighted by Crippen LogP contribution is 2.31. The summed E-state index contributed by atoms with van der Waals surface area (Å²) < 4.78 is 0. The van der Waals surface area contributed by atoms with Gasteiger partial charge in [-0.3, -0.25) is 0 Å². The summed E-state index contributed by atoms with van der Waals surface area (Å²) in [4.78, 5) is 24.0. The lowest BCUT2D eigenvalue weighted by molar-refractivity contribution is 0.0687. The Morgan fingerprint density at radius 2 is 1.05 bits per heavy atom. The molecule has 0 aliphatic rings. The number of carbonyl (C=O) groups is 2. The maximum atomic E-state index is 12.0. The van der Waals surface area contributed by atoms with Gasteiger partial charge in [0.25, 0.3) is 0 Å². The molecule has 4 aromatic carbocycles. The third-order valence-electron chi connectivity index (χ3n) is 6.11. The van der Waals surface area contributed by atoms with E-state index in [4.69, 9.17) is 23.2 Å². The number of aromatic carboxylic acids is 2. The summed E-state index contributed by atoms with van der Waals surface area (Å²) >= 11 is 12.4. The topological polar surface area (TPSA) is 98.7 Å². The zero-order chi connectivity index (χ0) is 26.7. The minimum atomic E-state index is -1.08. The van der Waals surface area contributed by atoms with Gasteiger partial charge in [0.05, 0.1) is 22.5 Å². The van der Waals surface area contributed by atoms with E-state index < -0.39 is 11.9 Å². The first-order chi connectivity index (χ1) is 17.6. The maximum absolute atomic E-state index is 12.0. The molecule has 0 radical (unpaired) electrons. The molecule has 0 aliphatic carbocycles. The molecular weight excluding hydrogens is 511 g/mol. The quantitative estimate of drug-likeness (QED) is 0.182. The molecule has 0 saturated carbocycles. The van der Waals surface area contributed by atoms with Crippen LogP contribution in [0.1, 0.15) is 43.0 Å². The van der Waals surface area contributed by atoms with Crippen LogP contribution in [0.3, 0.4) is 0 Å². The summed E-state index contributed by atoms with van der Waals surface area (Å²) in [6, 6.07) is 21.0. The van der Waals surface area contributed by atoms with Gasteiger partial charge in [0.15, 0.2) is 0 Å². The molecule has 0 atom stereocenters. The van der Waals surface area contributed by atoms with Gasteiger partial charge in [0, 0.05) is 21.4 Å². The van der Waals surface area contributed by atoms with Crippen LogP contribution in [0.5, 0.6) is 0 Å². The summed E-state index contributed by atoms with van der Waals surface area (Å²) in [6.45, 7) is 3.71. The molecule has 8 heteroatoms. The van der Waals surface area contributed by atoms with E-state index in [1.54, 1.807) is 48.5 Å². The monoisotopic (exact) mass is 534 g/mol. The van der Waals surface area contributed by atoms with Gasteiger partial charge in [0.2, 0.25) is 0 Å². The molecule has 0 aromatic heterocycles. The zero-order valence-corrected chi connectivity index (χ0v) is 21.6. The van der Waals surface area contributed by atoms with Crippen molar-refractivity contribution < 1.29 is 19.8 Å². The molecular formula is C29H24Cl2N2O4. The fourth-order valence-corrected chi connectivity index (χ4v) is 4.34. The van der Waals surface area contributed by atoms with Crippen molar-refractivity contribution in [2.75, 3.05) is 10.6 Å². The highest BCUT2D eigenvalue weighted by atomic mass is 35.5. The molecule has 0 unspecified atom stereocenters. The van der Waals surface area contributed by atoms with E-state index >= 15 is 0 Å². The van der Waals surface area contributed by atoms with E-state index in [1.165, 1.54) is 0 Å². The SMILES string of the molecule is Cc1c(Cl)cccc1Nc1ccc(Cc2ccc(Nc3cccc(Cl)c3C)c(C(=O)O)c2)cc1C(=O)O. The van der Waals surface area contributed by atoms with Crippen molar-refractivity contribution in [3.63, 3.8) is 0 Å². The molecule has 6 nitrogen and oxygen atoms in total. The molecule has 0 aliphatic heterocycles. The Bertz CT molecular complexity index is 1410. The molecule has 0 bridgehead atoms. The van der Waals surface area contributed by atoms with Gasteiger partial charge in [0.1, 0.15) is 0 Å². The average Bonchev–Trinajstić information content (AvgIpc) is 2.86. The van der Waals surface area contributed by atoms with Crippen LogP contribution in [0.25, 0.3) is 0 Å². The van der Waals surface area contributed by atoms with Crippen molar-refractivity contribution in [2.45, 2.75) is 20.3 Å². The van der Waals surface area contributed by atoms with Crippen LogP contribution in [-0.4, -0.2) is 22.2 Å². The lowest BCUT2D eigenvalue weighted by Gasteiger charge is -2.15. The summed E-state index contributed by atoms with van der Waals surface area (Å²) in [6.07, 6.45) is 0.355. The molecule has 4 N–H and O–H groups in total. The van der Waals surface area contributed by atoms with Crippen molar-refractivity contribution >= 4 is 57.9 Å². The largest absolute Gasteiger partial charge is 0.478 e. The maximum Gasteiger partial charge on any atom is 0.337 e. The third kappa shape index (κ3) is 5.88. The van der Waals surface area contributed by atoms with Crippen molar-refractivity contribution in [1.29, 1.82) is 0 Å². The first kappa shape index (κ1) is 26.1. The molecule has 0 fully saturated rings. The Balaban J connectivity index is 1.61. The molecule has 188 valence electrons. The normalized spacial score (nSPS) is 10.7. The van der Waals surface area contributed by atoms with Crippen LogP contribution >= 0.6 is 23.2 Å². The lowest BCUT2D eigenvalue weighted by atomic mass is 9.99. The van der Waals surface area contributed by atoms with Gasteiger partial charge in [-0.25, -0.2) is 9.59 Å². The number of hydrogen-bond donors (Lipinski definition) is 4. The summed E-state index contributed by atoms with van der Waals surface area (Å²) in [7, 11) is 0. The van der Waals surface area contributed by atoms with E-state index in [2.05, 4.69) is 10.6 Å². The number of halogens is 2. The van der Waals surface area contributed by atoms with Crippen molar-refractivity contribution in [2.24, 2.45) is 0 Å². The highest BCUT2D eigenvalue weighted by Gasteiger charge is 2.16. The van der Waals surface area contributed by atoms with E-state index in [9.17, 15) is 19.8 Å². The van der Waals surface area contributed by atoms with Crippen molar-refractivity contribution in [1.82, 2.24) is 0 Å². The molecule has 0 heterocycles. The molecule has 4 aromatic rings. The van der Waals surface area contributed by atoms with Gasteiger partial charge < -0.3 is 20.8 Å². The zero-order valence-electron chi connectivity index (χ0n) is 20.1. The van der Waals surface area contributed by atoms with E-state index in [-0.39, 0.29) is 11.1 Å². The molecule has 37 heavy (non-hydrogen) atoms. The van der Waals surface area contributed by atoms with Gasteiger partial charge in [-0.2, -0.15) is 0 Å². The molecule has 4 rings (SSSR count). The van der Waals surface area contributed by atoms with E-state index in [0.717, 1.165) is 22.3 Å². The van der Waals surface area contributed by atoms with Crippen LogP contribution in [0, 0.1) is 13.8 Å². The van der Waals surface area contributed by atoms with Crippen LogP contribution in [0.4, 0.5) is 22.7 Å². The second-order valence-electron chi connectivity index (χ2n) is 8.62. The van der Waals surface area contributed by atoms with Crippen LogP contribution in [-0.2, 0) is 6.42 Å². The van der Waals surface area contributed by atoms with Gasteiger partial charge in [-0.1, -0.05) is 47.5 Å². The van der Waals surface area contributed by atoms with Crippen molar-refractivity contribution in [3.05, 3.63) is 116 Å². The number of anilines is 4. The first-order valence-corrected chi connectivity index (χ1v) is 12.2. The smallest absolute Gasteiger partial charge is 0.337 e. The highest BCUT2D eigenvalue weighted by molar-refractivity contribution is 6.32. The minimum absolute atomic E-state index is 0.102. The Labute approximate surface area is 224 Å². The number of nitrogens with one attached hydrogen (secondary N) is 2. The number of hydrogen-bond acceptors (Lipinski definition) is 4. The van der Waals surface area contributed by atoms with E-state index in [0.29, 0.717) is 39.2 Å². The molecule has 0 spiro atoms. The van der Waals surface area contributed by atoms with Gasteiger partial charge in [-0.15, -0.1) is 0 Å². The Kier molecular flexibility index (Phi) is 7.71. The Hall–Kier alpha value is -4.00. The predicted octanol–water partition coefficient (Wildman–Crippen LogP) is 8.08. The fourth-order valence-electron chi connectivity index (χ4n) is 3.99. The Morgan fingerprint density at radius 1 is 0.649 bits per heavy atom. The minimum Gasteiger partial charge on any atom is -0.478 e. The first-order valence-electron chi connectivity index (χ1n) is 11.4. The second kappa shape index (κ2) is 10.9. The van der Waals surface area contributed by atoms with Crippen molar-refractivity contribution in [3.8, 4) is 0 Å². The number of rotatable bonds is 8. The van der Waals surface area contributed by atoms with Crippen LogP contribution in [0.15, 0.2) is 72.8 Å². The van der Waals surface area contributed by atoms with Crippen LogP contribution < -0.4 is 10.6 Å². The average molecular weight is 535 g/mol. The fraction of sp³-hybridized carbons (Fsp3) is 0.103. The molecule has 0 saturated heterocycles. The Morgan fingerprint density at radius 3 is 1.43 bits per heavy atom. The number of carboxylic acids is 2. The number of benzene rings is 4. The number of carboxylic acid groups (broad SMARTS) is 2. The van der Waals surface area contributed by atoms with E-state index in [1.807, 2.05) is 38.1 Å². The van der Waals surface area contributed by atoms with Gasteiger partial charge >= 0.3 is 11.9 Å². The summed E-state index contributed by atoms with van der Waals surface area (Å²) in [5.74, 6) is -2.15. The summed E-state index contributed by atoms with van der Waals surface area (Å²) in [5.41, 5.74) is 5.59. The third-order valence-corrected chi connectivity index (χ3v) is 6.93. The molecule has 0 amide bonds. The van der Waals surface area contributed by atoms with Gasteiger partial charge in [-0.05, 0) is 91.1 Å². The predicted molar refractivity (Wildman–Crippen MR) is 149 cm³/mol. The second-order valence-corrected chi connectivity index (χ2v) is 9.44. The van der Waals surface area contributed by atoms with Crippen LogP contribution in [0.2, 0.25) is 10.0 Å². The standard InChI is InChI=1S/C29H24Cl2N2O4/c1-16-22(30)5-3-7-24(16)32-26-11-9-18(14-20(26)28(34)35)13-19-10-12-27(21(15-19)29(36)37)33-25-8-4-6-23(31)17(25)2/h3-12,14-15,32-33H,13H2,1-2H3,(H,34,35)(H,36,37). The lowest BCUT2D eigenvalue weighted by Crippen LogP contribution is -2.06. The summed E-state index contributed by atoms with van der Waals surface area (Å²) in [5, 5.41) is 27.1.